The van der Waals surface area contributed by atoms with Crippen molar-refractivity contribution in [3.05, 3.63) is 118 Å². The number of thioether (sulfide) groups is 1. The van der Waals surface area contributed by atoms with Crippen molar-refractivity contribution in [2.75, 3.05) is 14.2 Å². The topological polar surface area (TPSA) is 71.4 Å². The lowest BCUT2D eigenvalue weighted by Gasteiger charge is -2.37. The fourth-order valence-corrected chi connectivity index (χ4v) is 5.77. The second kappa shape index (κ2) is 12.3. The van der Waals surface area contributed by atoms with E-state index in [1.807, 2.05) is 102 Å². The molecule has 0 aliphatic carbocycles. The Morgan fingerprint density at radius 3 is 2.38 bits per heavy atom. The van der Waals surface area contributed by atoms with Gasteiger partial charge in [-0.1, -0.05) is 79.3 Å². The summed E-state index contributed by atoms with van der Waals surface area (Å²) in [6.45, 7) is 2.48. The summed E-state index contributed by atoms with van der Waals surface area (Å²) < 4.78 is 11.4. The molecule has 0 spiro atoms. The summed E-state index contributed by atoms with van der Waals surface area (Å²) in [5.41, 5.74) is 3.82. The van der Waals surface area contributed by atoms with Gasteiger partial charge in [-0.05, 0) is 47.2 Å². The molecule has 1 atom stereocenters. The summed E-state index contributed by atoms with van der Waals surface area (Å²) in [7, 11) is 3.19. The fraction of sp³-hybridized carbons (Fsp3) is 0.219. The molecule has 40 heavy (non-hydrogen) atoms. The standard InChI is InChI=1S/C32H31N3O4S/c1-4-27-29(31(37)38-3)30(23-14-11-17-26(18-23)39-25-15-9-6-10-16-25)35-24(21-40-32(35)33-27)19-28(36)34(2)20-22-12-7-5-8-13-22/h5-18,21,30H,4,19-20H2,1-3H3/t30-/m1/s1. The average Bonchev–Trinajstić information content (AvgIpc) is 3.38. The largest absolute Gasteiger partial charge is 0.466 e. The number of hydrogen-bond acceptors (Lipinski definition) is 7. The van der Waals surface area contributed by atoms with Crippen LogP contribution in [0.1, 0.15) is 36.9 Å². The molecule has 0 fully saturated rings. The summed E-state index contributed by atoms with van der Waals surface area (Å²) in [5, 5.41) is 2.69. The van der Waals surface area contributed by atoms with Gasteiger partial charge in [0.15, 0.2) is 5.17 Å². The van der Waals surface area contributed by atoms with E-state index in [4.69, 9.17) is 14.5 Å². The number of fused-ring (bicyclic) bond motifs is 1. The molecule has 2 aliphatic rings. The predicted molar refractivity (Wildman–Crippen MR) is 158 cm³/mol. The molecule has 0 unspecified atom stereocenters. The maximum absolute atomic E-state index is 13.4. The highest BCUT2D eigenvalue weighted by molar-refractivity contribution is 8.16. The number of allylic oxidation sites excluding steroid dienone is 1. The maximum Gasteiger partial charge on any atom is 0.338 e. The molecule has 0 saturated heterocycles. The molecule has 1 amide bonds. The third-order valence-corrected chi connectivity index (χ3v) is 7.69. The number of hydrogen-bond donors (Lipinski definition) is 0. The quantitative estimate of drug-likeness (QED) is 0.276. The number of para-hydroxylation sites is 1. The van der Waals surface area contributed by atoms with Crippen molar-refractivity contribution in [3.63, 3.8) is 0 Å². The van der Waals surface area contributed by atoms with Gasteiger partial charge in [-0.2, -0.15) is 0 Å². The van der Waals surface area contributed by atoms with Crippen molar-refractivity contribution in [1.82, 2.24) is 9.80 Å². The number of ether oxygens (including phenoxy) is 2. The third kappa shape index (κ3) is 5.82. The lowest BCUT2D eigenvalue weighted by Crippen LogP contribution is -2.38. The van der Waals surface area contributed by atoms with Gasteiger partial charge in [0.25, 0.3) is 0 Å². The van der Waals surface area contributed by atoms with Crippen LogP contribution in [-0.2, 0) is 20.9 Å². The van der Waals surface area contributed by atoms with Crippen LogP contribution in [0.4, 0.5) is 0 Å². The summed E-state index contributed by atoms with van der Waals surface area (Å²) in [4.78, 5) is 35.1. The number of esters is 1. The first kappa shape index (κ1) is 27.3. The molecule has 204 valence electrons. The zero-order chi connectivity index (χ0) is 28.1. The number of amidine groups is 1. The second-order valence-corrected chi connectivity index (χ2v) is 10.3. The van der Waals surface area contributed by atoms with Gasteiger partial charge in [0.2, 0.25) is 5.91 Å². The van der Waals surface area contributed by atoms with E-state index in [1.165, 1.54) is 18.9 Å². The Balaban J connectivity index is 1.47. The van der Waals surface area contributed by atoms with Gasteiger partial charge in [0.05, 0.1) is 30.8 Å². The van der Waals surface area contributed by atoms with Crippen LogP contribution in [0.2, 0.25) is 0 Å². The third-order valence-electron chi connectivity index (χ3n) is 6.80. The first-order valence-electron chi connectivity index (χ1n) is 13.1. The summed E-state index contributed by atoms with van der Waals surface area (Å²) in [6.07, 6.45) is 0.731. The Labute approximate surface area is 238 Å². The van der Waals surface area contributed by atoms with E-state index in [0.717, 1.165) is 22.0 Å². The van der Waals surface area contributed by atoms with Crippen molar-refractivity contribution in [2.24, 2.45) is 4.99 Å². The number of methoxy groups -OCH3 is 1. The lowest BCUT2D eigenvalue weighted by atomic mass is 9.92. The average molecular weight is 554 g/mol. The van der Waals surface area contributed by atoms with Crippen molar-refractivity contribution in [1.29, 1.82) is 0 Å². The van der Waals surface area contributed by atoms with Gasteiger partial charge >= 0.3 is 5.97 Å². The number of nitrogens with zero attached hydrogens (tertiary/aromatic N) is 3. The molecule has 0 radical (unpaired) electrons. The Bertz CT molecular complexity index is 1480. The van der Waals surface area contributed by atoms with Gasteiger partial charge < -0.3 is 19.3 Å². The number of rotatable bonds is 9. The van der Waals surface area contributed by atoms with Crippen LogP contribution in [0.5, 0.6) is 11.5 Å². The monoisotopic (exact) mass is 553 g/mol. The van der Waals surface area contributed by atoms with Crippen molar-refractivity contribution < 1.29 is 19.1 Å². The number of carbonyl (C=O) groups is 2. The molecule has 0 saturated carbocycles. The molecular formula is C32H31N3O4S. The summed E-state index contributed by atoms with van der Waals surface area (Å²) >= 11 is 1.46. The second-order valence-electron chi connectivity index (χ2n) is 9.50. The van der Waals surface area contributed by atoms with Gasteiger partial charge in [-0.25, -0.2) is 9.79 Å². The molecule has 2 aliphatic heterocycles. The van der Waals surface area contributed by atoms with Gasteiger partial charge in [0, 0.05) is 19.3 Å². The molecule has 7 nitrogen and oxygen atoms in total. The number of aliphatic imine (C=N–C) groups is 1. The minimum absolute atomic E-state index is 0.0262. The van der Waals surface area contributed by atoms with E-state index in [-0.39, 0.29) is 12.3 Å². The normalized spacial score (nSPS) is 16.2. The van der Waals surface area contributed by atoms with E-state index in [1.54, 1.807) is 11.9 Å². The molecule has 3 aromatic carbocycles. The van der Waals surface area contributed by atoms with Crippen molar-refractivity contribution >= 4 is 28.8 Å². The Morgan fingerprint density at radius 2 is 1.68 bits per heavy atom. The molecule has 8 heteroatoms. The molecular weight excluding hydrogens is 522 g/mol. The van der Waals surface area contributed by atoms with Crippen molar-refractivity contribution in [2.45, 2.75) is 32.4 Å². The van der Waals surface area contributed by atoms with E-state index < -0.39 is 12.0 Å². The van der Waals surface area contributed by atoms with Crippen molar-refractivity contribution in [3.8, 4) is 11.5 Å². The minimum atomic E-state index is -0.525. The predicted octanol–water partition coefficient (Wildman–Crippen LogP) is 6.67. The van der Waals surface area contributed by atoms with Crippen LogP contribution in [0.15, 0.2) is 112 Å². The Kier molecular flexibility index (Phi) is 8.36. The van der Waals surface area contributed by atoms with Gasteiger partial charge in [-0.3, -0.25) is 4.79 Å². The number of benzene rings is 3. The van der Waals surface area contributed by atoms with E-state index in [9.17, 15) is 9.59 Å². The molecule has 2 heterocycles. The zero-order valence-corrected chi connectivity index (χ0v) is 23.6. The first-order chi connectivity index (χ1) is 19.5. The molecule has 5 rings (SSSR count). The Morgan fingerprint density at radius 1 is 0.975 bits per heavy atom. The SMILES string of the molecule is CCC1=C(C(=O)OC)[C@@H](c2cccc(Oc3ccccc3)c2)N2C(CC(=O)N(C)Cc3ccccc3)=CSC2=N1. The van der Waals surface area contributed by atoms with Crippen LogP contribution in [0.3, 0.4) is 0 Å². The summed E-state index contributed by atoms with van der Waals surface area (Å²) in [6, 6.07) is 26.6. The smallest absolute Gasteiger partial charge is 0.338 e. The maximum atomic E-state index is 13.4. The van der Waals surface area contributed by atoms with Crippen LogP contribution in [-0.4, -0.2) is 41.0 Å². The molecule has 3 aromatic rings. The van der Waals surface area contributed by atoms with Crippen LogP contribution >= 0.6 is 11.8 Å². The fourth-order valence-electron chi connectivity index (χ4n) is 4.84. The highest BCUT2D eigenvalue weighted by Gasteiger charge is 2.41. The van der Waals surface area contributed by atoms with Crippen LogP contribution in [0, 0.1) is 0 Å². The molecule has 0 bridgehead atoms. The first-order valence-corrected chi connectivity index (χ1v) is 14.0. The van der Waals surface area contributed by atoms with E-state index in [2.05, 4.69) is 0 Å². The van der Waals surface area contributed by atoms with Gasteiger partial charge in [0.1, 0.15) is 11.5 Å². The molecule has 0 aromatic heterocycles. The van der Waals surface area contributed by atoms with E-state index in [0.29, 0.717) is 35.7 Å². The molecule has 0 N–H and O–H groups in total. The number of carbonyl (C=O) groups excluding carboxylic acids is 2. The summed E-state index contributed by atoms with van der Waals surface area (Å²) in [5.74, 6) is 0.892. The Hall–Kier alpha value is -4.30. The van der Waals surface area contributed by atoms with Gasteiger partial charge in [-0.15, -0.1) is 0 Å². The van der Waals surface area contributed by atoms with Crippen LogP contribution in [0.25, 0.3) is 0 Å². The number of amides is 1. The highest BCUT2D eigenvalue weighted by Crippen LogP contribution is 2.46. The minimum Gasteiger partial charge on any atom is -0.466 e. The van der Waals surface area contributed by atoms with Crippen LogP contribution < -0.4 is 4.74 Å². The zero-order valence-electron chi connectivity index (χ0n) is 22.7. The highest BCUT2D eigenvalue weighted by atomic mass is 32.2. The lowest BCUT2D eigenvalue weighted by molar-refractivity contribution is -0.136. The van der Waals surface area contributed by atoms with E-state index >= 15 is 0 Å².